The van der Waals surface area contributed by atoms with Crippen LogP contribution in [0.15, 0.2) is 24.3 Å². The van der Waals surface area contributed by atoms with E-state index in [4.69, 9.17) is 16.7 Å². The molecule has 1 aromatic rings. The van der Waals surface area contributed by atoms with Gasteiger partial charge in [0.25, 0.3) is 0 Å². The van der Waals surface area contributed by atoms with Gasteiger partial charge in [-0.15, -0.1) is 0 Å². The fraction of sp³-hybridized carbons (Fsp3) is 0.467. The third-order valence-corrected chi connectivity index (χ3v) is 3.76. The summed E-state index contributed by atoms with van der Waals surface area (Å²) in [4.78, 5) is 22.3. The van der Waals surface area contributed by atoms with E-state index in [1.807, 2.05) is 24.3 Å². The Balaban J connectivity index is 1.69. The maximum absolute atomic E-state index is 11.9. The number of carboxylic acids is 1. The molecule has 2 atom stereocenters. The summed E-state index contributed by atoms with van der Waals surface area (Å²) in [6, 6.07) is 7.63. The molecule has 1 fully saturated rings. The molecule has 2 unspecified atom stereocenters. The number of carboxylic acid groups (broad SMARTS) is 1. The molecular weight excluding hydrogens is 278 g/mol. The lowest BCUT2D eigenvalue weighted by molar-refractivity contribution is -0.137. The maximum Gasteiger partial charge on any atom is 0.303 e. The molecule has 0 saturated heterocycles. The molecular formula is C15H18ClNO3. The third-order valence-electron chi connectivity index (χ3n) is 3.52. The zero-order valence-electron chi connectivity index (χ0n) is 11.1. The number of rotatable bonds is 7. The van der Waals surface area contributed by atoms with Gasteiger partial charge in [-0.25, -0.2) is 0 Å². The van der Waals surface area contributed by atoms with Gasteiger partial charge in [-0.1, -0.05) is 23.7 Å². The number of benzene rings is 1. The molecule has 0 spiro atoms. The summed E-state index contributed by atoms with van der Waals surface area (Å²) < 4.78 is 0. The van der Waals surface area contributed by atoms with Crippen LogP contribution in [0.3, 0.4) is 0 Å². The van der Waals surface area contributed by atoms with Crippen molar-refractivity contribution in [2.45, 2.75) is 31.6 Å². The molecule has 5 heteroatoms. The van der Waals surface area contributed by atoms with Crippen LogP contribution in [0.25, 0.3) is 0 Å². The second-order valence-corrected chi connectivity index (χ2v) is 5.58. The number of hydrogen-bond donors (Lipinski definition) is 2. The minimum Gasteiger partial charge on any atom is -0.481 e. The summed E-state index contributed by atoms with van der Waals surface area (Å²) in [6.45, 7) is 0.547. The molecule has 0 aromatic heterocycles. The van der Waals surface area contributed by atoms with Crippen LogP contribution in [0.4, 0.5) is 0 Å². The number of amides is 1. The number of carbonyl (C=O) groups excluding carboxylic acids is 1. The van der Waals surface area contributed by atoms with Crippen molar-refractivity contribution in [1.82, 2.24) is 5.32 Å². The summed E-state index contributed by atoms with van der Waals surface area (Å²) >= 11 is 5.94. The van der Waals surface area contributed by atoms with Gasteiger partial charge in [0.05, 0.1) is 0 Å². The van der Waals surface area contributed by atoms with E-state index in [1.165, 1.54) is 0 Å². The Bertz CT molecular complexity index is 504. The average Bonchev–Trinajstić information content (AvgIpc) is 3.18. The van der Waals surface area contributed by atoms with E-state index in [2.05, 4.69) is 5.32 Å². The fourth-order valence-corrected chi connectivity index (χ4v) is 2.53. The van der Waals surface area contributed by atoms with Crippen LogP contribution in [0.2, 0.25) is 5.02 Å². The maximum atomic E-state index is 11.9. The summed E-state index contributed by atoms with van der Waals surface area (Å²) in [7, 11) is 0. The van der Waals surface area contributed by atoms with E-state index in [-0.39, 0.29) is 24.2 Å². The minimum atomic E-state index is -0.792. The molecule has 2 rings (SSSR count). The van der Waals surface area contributed by atoms with Crippen LogP contribution >= 0.6 is 11.6 Å². The van der Waals surface area contributed by atoms with Gasteiger partial charge in [0.1, 0.15) is 0 Å². The highest BCUT2D eigenvalue weighted by Crippen LogP contribution is 2.47. The Morgan fingerprint density at radius 3 is 2.85 bits per heavy atom. The highest BCUT2D eigenvalue weighted by atomic mass is 35.5. The standard InChI is InChI=1S/C15H18ClNO3/c16-11-5-3-4-10(8-11)12-9-13(12)15(20)17-7-2-1-6-14(18)19/h3-5,8,12-13H,1-2,6-7,9H2,(H,17,20)(H,18,19). The first kappa shape index (κ1) is 14.9. The second-order valence-electron chi connectivity index (χ2n) is 5.15. The van der Waals surface area contributed by atoms with E-state index >= 15 is 0 Å². The highest BCUT2D eigenvalue weighted by Gasteiger charge is 2.43. The monoisotopic (exact) mass is 295 g/mol. The zero-order chi connectivity index (χ0) is 14.5. The first-order chi connectivity index (χ1) is 9.58. The van der Waals surface area contributed by atoms with E-state index < -0.39 is 5.97 Å². The van der Waals surface area contributed by atoms with Gasteiger partial charge >= 0.3 is 5.97 Å². The van der Waals surface area contributed by atoms with Crippen molar-refractivity contribution in [1.29, 1.82) is 0 Å². The molecule has 0 radical (unpaired) electrons. The van der Waals surface area contributed by atoms with Gasteiger partial charge in [0, 0.05) is 23.9 Å². The predicted octanol–water partition coefficient (Wildman–Crippen LogP) is 2.81. The smallest absolute Gasteiger partial charge is 0.303 e. The number of nitrogens with one attached hydrogen (secondary N) is 1. The van der Waals surface area contributed by atoms with Gasteiger partial charge in [0.2, 0.25) is 5.91 Å². The summed E-state index contributed by atoms with van der Waals surface area (Å²) in [6.07, 6.45) is 2.32. The lowest BCUT2D eigenvalue weighted by Crippen LogP contribution is -2.26. The summed E-state index contributed by atoms with van der Waals surface area (Å²) in [5.41, 5.74) is 1.11. The summed E-state index contributed by atoms with van der Waals surface area (Å²) in [5.74, 6) is -0.425. The number of carbonyl (C=O) groups is 2. The molecule has 1 aliphatic carbocycles. The quantitative estimate of drug-likeness (QED) is 0.760. The number of hydrogen-bond acceptors (Lipinski definition) is 2. The van der Waals surface area contributed by atoms with E-state index in [9.17, 15) is 9.59 Å². The van der Waals surface area contributed by atoms with Crippen molar-refractivity contribution in [3.8, 4) is 0 Å². The Hall–Kier alpha value is -1.55. The summed E-state index contributed by atoms with van der Waals surface area (Å²) in [5, 5.41) is 12.1. The van der Waals surface area contributed by atoms with Crippen molar-refractivity contribution >= 4 is 23.5 Å². The molecule has 4 nitrogen and oxygen atoms in total. The van der Waals surface area contributed by atoms with Crippen molar-refractivity contribution in [3.63, 3.8) is 0 Å². The Kier molecular flexibility index (Phi) is 5.01. The van der Waals surface area contributed by atoms with Gasteiger partial charge in [0.15, 0.2) is 0 Å². The van der Waals surface area contributed by atoms with Crippen molar-refractivity contribution in [2.24, 2.45) is 5.92 Å². The Labute approximate surface area is 123 Å². The van der Waals surface area contributed by atoms with Crippen molar-refractivity contribution in [3.05, 3.63) is 34.9 Å². The van der Waals surface area contributed by atoms with E-state index in [0.717, 1.165) is 12.0 Å². The van der Waals surface area contributed by atoms with Gasteiger partial charge < -0.3 is 10.4 Å². The van der Waals surface area contributed by atoms with Gasteiger partial charge in [-0.2, -0.15) is 0 Å². The third kappa shape index (κ3) is 4.23. The fourth-order valence-electron chi connectivity index (χ4n) is 2.33. The Morgan fingerprint density at radius 2 is 2.15 bits per heavy atom. The average molecular weight is 296 g/mol. The van der Waals surface area contributed by atoms with Gasteiger partial charge in [-0.05, 0) is 42.9 Å². The highest BCUT2D eigenvalue weighted by molar-refractivity contribution is 6.30. The topological polar surface area (TPSA) is 66.4 Å². The first-order valence-corrected chi connectivity index (χ1v) is 7.20. The molecule has 1 saturated carbocycles. The van der Waals surface area contributed by atoms with Crippen LogP contribution in [-0.4, -0.2) is 23.5 Å². The molecule has 1 aromatic carbocycles. The van der Waals surface area contributed by atoms with Gasteiger partial charge in [-0.3, -0.25) is 9.59 Å². The van der Waals surface area contributed by atoms with Crippen LogP contribution in [-0.2, 0) is 9.59 Å². The molecule has 20 heavy (non-hydrogen) atoms. The van der Waals surface area contributed by atoms with Crippen LogP contribution < -0.4 is 5.32 Å². The van der Waals surface area contributed by atoms with E-state index in [1.54, 1.807) is 0 Å². The Morgan fingerprint density at radius 1 is 1.35 bits per heavy atom. The molecule has 1 aliphatic rings. The number of unbranched alkanes of at least 4 members (excludes halogenated alkanes) is 1. The van der Waals surface area contributed by atoms with Crippen molar-refractivity contribution in [2.75, 3.05) is 6.54 Å². The largest absolute Gasteiger partial charge is 0.481 e. The molecule has 2 N–H and O–H groups in total. The normalized spacial score (nSPS) is 20.4. The lowest BCUT2D eigenvalue weighted by Gasteiger charge is -2.04. The minimum absolute atomic E-state index is 0.0351. The lowest BCUT2D eigenvalue weighted by atomic mass is 10.1. The molecule has 108 valence electrons. The van der Waals surface area contributed by atoms with Crippen LogP contribution in [0, 0.1) is 5.92 Å². The van der Waals surface area contributed by atoms with Crippen LogP contribution in [0.5, 0.6) is 0 Å². The predicted molar refractivity (Wildman–Crippen MR) is 76.8 cm³/mol. The SMILES string of the molecule is O=C(O)CCCCNC(=O)C1CC1c1cccc(Cl)c1. The first-order valence-electron chi connectivity index (χ1n) is 6.83. The number of halogens is 1. The number of aliphatic carboxylic acids is 1. The molecule has 0 heterocycles. The van der Waals surface area contributed by atoms with Crippen LogP contribution in [0.1, 0.15) is 37.2 Å². The molecule has 1 amide bonds. The molecule has 0 aliphatic heterocycles. The van der Waals surface area contributed by atoms with Crippen molar-refractivity contribution < 1.29 is 14.7 Å². The second kappa shape index (κ2) is 6.75. The zero-order valence-corrected chi connectivity index (χ0v) is 11.9. The van der Waals surface area contributed by atoms with E-state index in [0.29, 0.717) is 24.4 Å². The molecule has 0 bridgehead atoms.